The van der Waals surface area contributed by atoms with E-state index in [1.165, 1.54) is 12.8 Å². The maximum absolute atomic E-state index is 12.8. The lowest BCUT2D eigenvalue weighted by molar-refractivity contribution is -0.117. The van der Waals surface area contributed by atoms with E-state index in [1.54, 1.807) is 12.1 Å². The van der Waals surface area contributed by atoms with Crippen LogP contribution in [0.25, 0.3) is 0 Å². The Labute approximate surface area is 167 Å². The van der Waals surface area contributed by atoms with Gasteiger partial charge in [-0.15, -0.1) is 0 Å². The van der Waals surface area contributed by atoms with Crippen LogP contribution in [0.2, 0.25) is 0 Å². The molecule has 6 heteroatoms. The summed E-state index contributed by atoms with van der Waals surface area (Å²) in [6.45, 7) is 5.57. The van der Waals surface area contributed by atoms with Crippen LogP contribution in [0.4, 0.5) is 5.69 Å². The van der Waals surface area contributed by atoms with Crippen LogP contribution in [0.1, 0.15) is 55.8 Å². The lowest BCUT2D eigenvalue weighted by Crippen LogP contribution is -2.62. The van der Waals surface area contributed by atoms with Crippen molar-refractivity contribution in [3.05, 3.63) is 29.8 Å². The number of hydrogen-bond acceptors (Lipinski definition) is 4. The third kappa shape index (κ3) is 4.08. The normalized spacial score (nSPS) is 23.2. The molecule has 3 aliphatic rings. The number of morpholine rings is 1. The number of nitrogens with zero attached hydrogens (tertiary/aromatic N) is 1. The Bertz CT molecular complexity index is 702. The number of nitrogens with one attached hydrogen (secondary N) is 2. The highest BCUT2D eigenvalue weighted by molar-refractivity contribution is 5.97. The Morgan fingerprint density at radius 2 is 1.75 bits per heavy atom. The van der Waals surface area contributed by atoms with Gasteiger partial charge in [-0.25, -0.2) is 0 Å². The number of carbonyl (C=O) groups excluding carboxylic acids is 2. The summed E-state index contributed by atoms with van der Waals surface area (Å²) in [6.07, 6.45) is 6.64. The zero-order chi connectivity index (χ0) is 19.6. The summed E-state index contributed by atoms with van der Waals surface area (Å²) >= 11 is 0. The van der Waals surface area contributed by atoms with Crippen molar-refractivity contribution in [1.29, 1.82) is 0 Å². The first-order chi connectivity index (χ1) is 13.6. The Balaban J connectivity index is 1.39. The van der Waals surface area contributed by atoms with Crippen molar-refractivity contribution in [2.45, 2.75) is 57.0 Å². The Kier molecular flexibility index (Phi) is 5.69. The molecule has 4 rings (SSSR count). The molecule has 0 aromatic heterocycles. The molecule has 1 atom stereocenters. The van der Waals surface area contributed by atoms with Crippen LogP contribution in [-0.4, -0.2) is 54.6 Å². The third-order valence-electron chi connectivity index (χ3n) is 6.63. The Hall–Kier alpha value is -1.92. The monoisotopic (exact) mass is 385 g/mol. The summed E-state index contributed by atoms with van der Waals surface area (Å²) in [6, 6.07) is 7.29. The predicted molar refractivity (Wildman–Crippen MR) is 108 cm³/mol. The summed E-state index contributed by atoms with van der Waals surface area (Å²) in [5, 5.41) is 6.17. The van der Waals surface area contributed by atoms with Gasteiger partial charge in [0.1, 0.15) is 0 Å². The molecule has 1 aromatic carbocycles. The van der Waals surface area contributed by atoms with Gasteiger partial charge in [0, 0.05) is 41.8 Å². The molecule has 0 radical (unpaired) electrons. The molecule has 2 aliphatic carbocycles. The molecule has 6 nitrogen and oxygen atoms in total. The summed E-state index contributed by atoms with van der Waals surface area (Å²) in [5.74, 6) is 0.207. The van der Waals surface area contributed by atoms with E-state index in [1.807, 2.05) is 12.1 Å². The zero-order valence-electron chi connectivity index (χ0n) is 16.7. The van der Waals surface area contributed by atoms with Gasteiger partial charge >= 0.3 is 0 Å². The SMILES string of the molecule is CC(NC(=O)c1ccc(NC(=O)C2CC2)cc1)C1(N2CCOCC2)CCCC1. The van der Waals surface area contributed by atoms with E-state index in [-0.39, 0.29) is 29.3 Å². The highest BCUT2D eigenvalue weighted by atomic mass is 16.5. The molecule has 0 bridgehead atoms. The molecule has 1 saturated heterocycles. The predicted octanol–water partition coefficient (Wildman–Crippen LogP) is 2.80. The molecule has 2 N–H and O–H groups in total. The molecule has 3 fully saturated rings. The molecule has 1 heterocycles. The van der Waals surface area contributed by atoms with Gasteiger partial charge in [0.2, 0.25) is 5.91 Å². The van der Waals surface area contributed by atoms with Crippen molar-refractivity contribution in [3.63, 3.8) is 0 Å². The highest BCUT2D eigenvalue weighted by Gasteiger charge is 2.45. The second kappa shape index (κ2) is 8.21. The van der Waals surface area contributed by atoms with Gasteiger partial charge < -0.3 is 15.4 Å². The van der Waals surface area contributed by atoms with E-state index < -0.39 is 0 Å². The Morgan fingerprint density at radius 3 is 2.36 bits per heavy atom. The van der Waals surface area contributed by atoms with Gasteiger partial charge in [0.15, 0.2) is 0 Å². The largest absolute Gasteiger partial charge is 0.379 e. The first-order valence-corrected chi connectivity index (χ1v) is 10.6. The van der Waals surface area contributed by atoms with E-state index in [0.717, 1.165) is 57.7 Å². The van der Waals surface area contributed by atoms with E-state index >= 15 is 0 Å². The minimum atomic E-state index is -0.0490. The second-order valence-electron chi connectivity index (χ2n) is 8.45. The second-order valence-corrected chi connectivity index (χ2v) is 8.45. The number of hydrogen-bond donors (Lipinski definition) is 2. The molecule has 2 saturated carbocycles. The van der Waals surface area contributed by atoms with Crippen LogP contribution >= 0.6 is 0 Å². The van der Waals surface area contributed by atoms with Gasteiger partial charge in [0.05, 0.1) is 13.2 Å². The van der Waals surface area contributed by atoms with Gasteiger partial charge in [-0.3, -0.25) is 14.5 Å². The first kappa shape index (κ1) is 19.4. The smallest absolute Gasteiger partial charge is 0.251 e. The molecule has 2 amide bonds. The van der Waals surface area contributed by atoms with E-state index in [4.69, 9.17) is 4.74 Å². The van der Waals surface area contributed by atoms with Crippen molar-refractivity contribution < 1.29 is 14.3 Å². The number of rotatable bonds is 6. The van der Waals surface area contributed by atoms with Crippen LogP contribution in [0.15, 0.2) is 24.3 Å². The van der Waals surface area contributed by atoms with Crippen molar-refractivity contribution in [3.8, 4) is 0 Å². The molecule has 0 spiro atoms. The standard InChI is InChI=1S/C22H31N3O3/c1-16(22(10-2-3-11-22)25-12-14-28-15-13-25)23-20(26)18-6-8-19(9-7-18)24-21(27)17-4-5-17/h6-9,16-17H,2-5,10-15H2,1H3,(H,23,26)(H,24,27). The van der Waals surface area contributed by atoms with Crippen LogP contribution in [0.5, 0.6) is 0 Å². The number of carbonyl (C=O) groups is 2. The minimum absolute atomic E-state index is 0.0393. The summed E-state index contributed by atoms with van der Waals surface area (Å²) in [4.78, 5) is 27.2. The summed E-state index contributed by atoms with van der Waals surface area (Å²) in [7, 11) is 0. The van der Waals surface area contributed by atoms with Crippen molar-refractivity contribution in [1.82, 2.24) is 10.2 Å². The minimum Gasteiger partial charge on any atom is -0.379 e. The quantitative estimate of drug-likeness (QED) is 0.790. The fourth-order valence-corrected chi connectivity index (χ4v) is 4.73. The highest BCUT2D eigenvalue weighted by Crippen LogP contribution is 2.38. The number of amides is 2. The van der Waals surface area contributed by atoms with Gasteiger partial charge in [-0.1, -0.05) is 12.8 Å². The molecular weight excluding hydrogens is 354 g/mol. The number of anilines is 1. The van der Waals surface area contributed by atoms with Crippen molar-refractivity contribution >= 4 is 17.5 Å². The molecule has 152 valence electrons. The lowest BCUT2D eigenvalue weighted by atomic mass is 9.86. The van der Waals surface area contributed by atoms with Gasteiger partial charge in [-0.2, -0.15) is 0 Å². The zero-order valence-corrected chi connectivity index (χ0v) is 16.7. The van der Waals surface area contributed by atoms with Crippen molar-refractivity contribution in [2.75, 3.05) is 31.6 Å². The molecular formula is C22H31N3O3. The Morgan fingerprint density at radius 1 is 1.11 bits per heavy atom. The number of ether oxygens (including phenoxy) is 1. The van der Waals surface area contributed by atoms with Crippen LogP contribution in [0, 0.1) is 5.92 Å². The fourth-order valence-electron chi connectivity index (χ4n) is 4.73. The molecule has 1 aromatic rings. The third-order valence-corrected chi connectivity index (χ3v) is 6.63. The van der Waals surface area contributed by atoms with Crippen LogP contribution < -0.4 is 10.6 Å². The van der Waals surface area contributed by atoms with Crippen LogP contribution in [0.3, 0.4) is 0 Å². The van der Waals surface area contributed by atoms with E-state index in [9.17, 15) is 9.59 Å². The van der Waals surface area contributed by atoms with Gasteiger partial charge in [0.25, 0.3) is 5.91 Å². The average Bonchev–Trinajstić information content (AvgIpc) is 3.46. The molecule has 1 unspecified atom stereocenters. The lowest BCUT2D eigenvalue weighted by Gasteiger charge is -2.47. The summed E-state index contributed by atoms with van der Waals surface area (Å²) in [5.41, 5.74) is 1.42. The van der Waals surface area contributed by atoms with E-state index in [2.05, 4.69) is 22.5 Å². The van der Waals surface area contributed by atoms with Gasteiger partial charge in [-0.05, 0) is 56.9 Å². The first-order valence-electron chi connectivity index (χ1n) is 10.6. The van der Waals surface area contributed by atoms with Crippen LogP contribution in [-0.2, 0) is 9.53 Å². The van der Waals surface area contributed by atoms with E-state index in [0.29, 0.717) is 5.56 Å². The fraction of sp³-hybridized carbons (Fsp3) is 0.636. The summed E-state index contributed by atoms with van der Waals surface area (Å²) < 4.78 is 5.53. The maximum atomic E-state index is 12.8. The molecule has 28 heavy (non-hydrogen) atoms. The van der Waals surface area contributed by atoms with Crippen molar-refractivity contribution in [2.24, 2.45) is 5.92 Å². The number of benzene rings is 1. The maximum Gasteiger partial charge on any atom is 0.251 e. The average molecular weight is 386 g/mol. The molecule has 1 aliphatic heterocycles. The topological polar surface area (TPSA) is 70.7 Å².